The molecule has 1 aromatic rings. The second-order valence-corrected chi connectivity index (χ2v) is 7.27. The SMILES string of the molecule is CC(CNC(=O)C(=O)N1C2CCC1C(=O)NC2)c1c(Cl)cccc1Cl. The monoisotopic (exact) mass is 383 g/mol. The molecule has 2 heterocycles. The van der Waals surface area contributed by atoms with Crippen LogP contribution in [0, 0.1) is 0 Å². The van der Waals surface area contributed by atoms with Crippen molar-refractivity contribution in [3.63, 3.8) is 0 Å². The third kappa shape index (κ3) is 3.46. The van der Waals surface area contributed by atoms with Crippen molar-refractivity contribution in [2.45, 2.75) is 37.8 Å². The number of nitrogens with one attached hydrogen (secondary N) is 2. The van der Waals surface area contributed by atoms with Gasteiger partial charge in [-0.25, -0.2) is 0 Å². The normalized spacial score (nSPS) is 23.2. The molecule has 0 aliphatic carbocycles. The van der Waals surface area contributed by atoms with Gasteiger partial charge in [-0.2, -0.15) is 0 Å². The van der Waals surface area contributed by atoms with Crippen LogP contribution < -0.4 is 10.6 Å². The van der Waals surface area contributed by atoms with E-state index in [4.69, 9.17) is 23.2 Å². The fraction of sp³-hybridized carbons (Fsp3) is 0.471. The Balaban J connectivity index is 1.63. The molecule has 2 N–H and O–H groups in total. The summed E-state index contributed by atoms with van der Waals surface area (Å²) in [6.07, 6.45) is 1.33. The van der Waals surface area contributed by atoms with Gasteiger partial charge in [0, 0.05) is 29.1 Å². The van der Waals surface area contributed by atoms with Gasteiger partial charge < -0.3 is 15.5 Å². The number of carbonyl (C=O) groups excluding carboxylic acids is 3. The quantitative estimate of drug-likeness (QED) is 0.779. The van der Waals surface area contributed by atoms with Crippen LogP contribution in [0.3, 0.4) is 0 Å². The number of amides is 3. The van der Waals surface area contributed by atoms with E-state index in [9.17, 15) is 14.4 Å². The lowest BCUT2D eigenvalue weighted by molar-refractivity contribution is -0.151. The van der Waals surface area contributed by atoms with Gasteiger partial charge in [-0.15, -0.1) is 0 Å². The van der Waals surface area contributed by atoms with Gasteiger partial charge in [0.05, 0.1) is 6.04 Å². The molecule has 2 saturated heterocycles. The van der Waals surface area contributed by atoms with E-state index in [0.717, 1.165) is 12.0 Å². The highest BCUT2D eigenvalue weighted by Crippen LogP contribution is 2.31. The Morgan fingerprint density at radius 1 is 1.32 bits per heavy atom. The zero-order valence-corrected chi connectivity index (χ0v) is 15.2. The van der Waals surface area contributed by atoms with Crippen LogP contribution in [-0.4, -0.2) is 47.8 Å². The Kier molecular flexibility index (Phi) is 5.20. The van der Waals surface area contributed by atoms with Crippen molar-refractivity contribution in [3.8, 4) is 0 Å². The molecule has 3 atom stereocenters. The van der Waals surface area contributed by atoms with Crippen LogP contribution in [0.5, 0.6) is 0 Å². The van der Waals surface area contributed by atoms with E-state index in [-0.39, 0.29) is 24.4 Å². The lowest BCUT2D eigenvalue weighted by atomic mass is 10.0. The third-order valence-electron chi connectivity index (χ3n) is 4.81. The van der Waals surface area contributed by atoms with Crippen molar-refractivity contribution in [2.24, 2.45) is 0 Å². The summed E-state index contributed by atoms with van der Waals surface area (Å²) >= 11 is 12.3. The molecule has 0 aromatic heterocycles. The molecule has 6 nitrogen and oxygen atoms in total. The lowest BCUT2D eigenvalue weighted by Gasteiger charge is -2.33. The topological polar surface area (TPSA) is 78.5 Å². The first-order valence-corrected chi connectivity index (χ1v) is 8.98. The summed E-state index contributed by atoms with van der Waals surface area (Å²) in [7, 11) is 0. The summed E-state index contributed by atoms with van der Waals surface area (Å²) in [5, 5.41) is 6.43. The average molecular weight is 384 g/mol. The Bertz CT molecular complexity index is 705. The minimum Gasteiger partial charge on any atom is -0.352 e. The van der Waals surface area contributed by atoms with Crippen LogP contribution in [0.2, 0.25) is 10.0 Å². The van der Waals surface area contributed by atoms with E-state index >= 15 is 0 Å². The molecule has 3 unspecified atom stereocenters. The fourth-order valence-electron chi connectivity index (χ4n) is 3.51. The number of carbonyl (C=O) groups is 3. The molecule has 3 amide bonds. The number of benzene rings is 1. The molecule has 1 aromatic carbocycles. The number of hydrogen-bond acceptors (Lipinski definition) is 3. The van der Waals surface area contributed by atoms with E-state index in [1.165, 1.54) is 4.90 Å². The van der Waals surface area contributed by atoms with Gasteiger partial charge in [0.2, 0.25) is 5.91 Å². The van der Waals surface area contributed by atoms with Crippen molar-refractivity contribution < 1.29 is 14.4 Å². The maximum atomic E-state index is 12.5. The van der Waals surface area contributed by atoms with Gasteiger partial charge in [0.15, 0.2) is 0 Å². The van der Waals surface area contributed by atoms with E-state index in [1.807, 2.05) is 6.92 Å². The van der Waals surface area contributed by atoms with Gasteiger partial charge in [-0.1, -0.05) is 36.2 Å². The highest BCUT2D eigenvalue weighted by atomic mass is 35.5. The van der Waals surface area contributed by atoms with Crippen LogP contribution in [0.25, 0.3) is 0 Å². The smallest absolute Gasteiger partial charge is 0.312 e. The summed E-state index contributed by atoms with van der Waals surface area (Å²) in [6, 6.07) is 4.58. The van der Waals surface area contributed by atoms with Gasteiger partial charge >= 0.3 is 11.8 Å². The van der Waals surface area contributed by atoms with Crippen LogP contribution in [0.15, 0.2) is 18.2 Å². The maximum Gasteiger partial charge on any atom is 0.312 e. The number of fused-ring (bicyclic) bond motifs is 2. The number of rotatable bonds is 3. The highest BCUT2D eigenvalue weighted by molar-refractivity contribution is 6.36. The average Bonchev–Trinajstić information content (AvgIpc) is 2.91. The fourth-order valence-corrected chi connectivity index (χ4v) is 4.28. The van der Waals surface area contributed by atoms with Gasteiger partial charge in [0.25, 0.3) is 0 Å². The van der Waals surface area contributed by atoms with E-state index in [1.54, 1.807) is 18.2 Å². The molecule has 134 valence electrons. The predicted molar refractivity (Wildman–Crippen MR) is 94.6 cm³/mol. The Morgan fingerprint density at radius 2 is 2.00 bits per heavy atom. The first-order chi connectivity index (χ1) is 11.9. The molecule has 2 fully saturated rings. The second-order valence-electron chi connectivity index (χ2n) is 6.45. The van der Waals surface area contributed by atoms with E-state index in [0.29, 0.717) is 23.0 Å². The summed E-state index contributed by atoms with van der Waals surface area (Å²) in [5.41, 5.74) is 0.732. The van der Waals surface area contributed by atoms with Crippen molar-refractivity contribution in [1.82, 2.24) is 15.5 Å². The molecule has 0 radical (unpaired) electrons. The van der Waals surface area contributed by atoms with Crippen LogP contribution in [0.1, 0.15) is 31.2 Å². The van der Waals surface area contributed by atoms with Gasteiger partial charge in [-0.05, 0) is 30.5 Å². The molecule has 0 spiro atoms. The number of nitrogens with zero attached hydrogens (tertiary/aromatic N) is 1. The molecule has 8 heteroatoms. The first-order valence-electron chi connectivity index (χ1n) is 8.22. The van der Waals surface area contributed by atoms with Crippen molar-refractivity contribution >= 4 is 40.9 Å². The molecular formula is C17H19Cl2N3O3. The molecule has 3 rings (SSSR count). The Morgan fingerprint density at radius 3 is 2.68 bits per heavy atom. The largest absolute Gasteiger partial charge is 0.352 e. The zero-order chi connectivity index (χ0) is 18.1. The second kappa shape index (κ2) is 7.22. The number of piperazine rings is 1. The molecule has 0 saturated carbocycles. The number of halogens is 2. The standard InChI is InChI=1S/C17H19Cl2N3O3/c1-9(14-11(18)3-2-4-12(14)19)7-20-16(24)17(25)22-10-5-6-13(22)15(23)21-8-10/h2-4,9-10,13H,5-8H2,1H3,(H,20,24)(H,21,23). The number of hydrogen-bond donors (Lipinski definition) is 2. The van der Waals surface area contributed by atoms with Crippen LogP contribution in [-0.2, 0) is 14.4 Å². The van der Waals surface area contributed by atoms with Gasteiger partial charge in [0.1, 0.15) is 6.04 Å². The minimum atomic E-state index is -0.707. The molecule has 2 aliphatic rings. The highest BCUT2D eigenvalue weighted by Gasteiger charge is 2.46. The molecule has 25 heavy (non-hydrogen) atoms. The van der Waals surface area contributed by atoms with Crippen molar-refractivity contribution in [3.05, 3.63) is 33.8 Å². The summed E-state index contributed by atoms with van der Waals surface area (Å²) in [6.45, 7) is 2.50. The summed E-state index contributed by atoms with van der Waals surface area (Å²) < 4.78 is 0. The minimum absolute atomic E-state index is 0.101. The summed E-state index contributed by atoms with van der Waals surface area (Å²) in [5.74, 6) is -1.70. The van der Waals surface area contributed by atoms with E-state index < -0.39 is 17.9 Å². The maximum absolute atomic E-state index is 12.5. The molecular weight excluding hydrogens is 365 g/mol. The lowest BCUT2D eigenvalue weighted by Crippen LogP contribution is -2.60. The molecule has 2 bridgehead atoms. The van der Waals surface area contributed by atoms with Crippen LogP contribution >= 0.6 is 23.2 Å². The predicted octanol–water partition coefficient (Wildman–Crippen LogP) is 1.70. The van der Waals surface area contributed by atoms with E-state index in [2.05, 4.69) is 10.6 Å². The first kappa shape index (κ1) is 18.0. The summed E-state index contributed by atoms with van der Waals surface area (Å²) in [4.78, 5) is 38.0. The van der Waals surface area contributed by atoms with Gasteiger partial charge in [-0.3, -0.25) is 14.4 Å². The Hall–Kier alpha value is -1.79. The van der Waals surface area contributed by atoms with Crippen molar-refractivity contribution in [2.75, 3.05) is 13.1 Å². The Labute approximate surface area is 155 Å². The zero-order valence-electron chi connectivity index (χ0n) is 13.7. The van der Waals surface area contributed by atoms with Crippen molar-refractivity contribution in [1.29, 1.82) is 0 Å². The third-order valence-corrected chi connectivity index (χ3v) is 5.47. The van der Waals surface area contributed by atoms with Crippen LogP contribution in [0.4, 0.5) is 0 Å². The molecule has 2 aliphatic heterocycles.